The normalized spacial score (nSPS) is 10.2. The smallest absolute Gasteiger partial charge is 0.257 e. The van der Waals surface area contributed by atoms with Gasteiger partial charge in [0.1, 0.15) is 0 Å². The highest BCUT2D eigenvalue weighted by Crippen LogP contribution is 2.20. The van der Waals surface area contributed by atoms with Crippen molar-refractivity contribution in [2.45, 2.75) is 5.75 Å². The number of rotatable bonds is 6. The molecule has 2 rings (SSSR count). The van der Waals surface area contributed by atoms with Crippen molar-refractivity contribution in [2.75, 3.05) is 11.1 Å². The van der Waals surface area contributed by atoms with Gasteiger partial charge >= 0.3 is 0 Å². The highest BCUT2D eigenvalue weighted by molar-refractivity contribution is 7.99. The van der Waals surface area contributed by atoms with Crippen LogP contribution in [0.25, 0.3) is 0 Å². The lowest BCUT2D eigenvalue weighted by Gasteiger charge is -2.00. The molecule has 1 heterocycles. The number of carbonyl (C=O) groups excluding carboxylic acids is 2. The van der Waals surface area contributed by atoms with Crippen molar-refractivity contribution in [3.63, 3.8) is 0 Å². The summed E-state index contributed by atoms with van der Waals surface area (Å²) in [4.78, 5) is 26.8. The van der Waals surface area contributed by atoms with Crippen molar-refractivity contribution >= 4 is 40.0 Å². The molecule has 0 aliphatic carbocycles. The molecule has 0 atom stereocenters. The van der Waals surface area contributed by atoms with Crippen molar-refractivity contribution in [2.24, 2.45) is 5.73 Å². The van der Waals surface area contributed by atoms with Gasteiger partial charge in [-0.1, -0.05) is 18.2 Å². The zero-order valence-electron chi connectivity index (χ0n) is 10.5. The lowest BCUT2D eigenvalue weighted by molar-refractivity contribution is -0.115. The molecule has 1 aromatic heterocycles. The van der Waals surface area contributed by atoms with Gasteiger partial charge < -0.3 is 5.73 Å². The molecule has 2 aromatic rings. The Morgan fingerprint density at radius 2 is 2.05 bits per heavy atom. The minimum Gasteiger partial charge on any atom is -0.369 e. The molecular formula is C13H13N3O2S2. The third-order valence-electron chi connectivity index (χ3n) is 2.30. The molecule has 0 aliphatic heterocycles. The van der Waals surface area contributed by atoms with Crippen LogP contribution in [-0.2, 0) is 10.5 Å². The summed E-state index contributed by atoms with van der Waals surface area (Å²) in [6.45, 7) is 0. The van der Waals surface area contributed by atoms with Gasteiger partial charge in [0, 0.05) is 16.7 Å². The van der Waals surface area contributed by atoms with Gasteiger partial charge in [-0.3, -0.25) is 14.9 Å². The quantitative estimate of drug-likeness (QED) is 0.856. The standard InChI is InChI=1S/C13H13N3O2S2/c14-11(17)8-19-6-10-7-20-13(15-10)16-12(18)9-4-2-1-3-5-9/h1-5,7H,6,8H2,(H2,14,17)(H,15,16,18). The molecule has 7 heteroatoms. The summed E-state index contributed by atoms with van der Waals surface area (Å²) in [5, 5.41) is 5.15. The van der Waals surface area contributed by atoms with Crippen LogP contribution in [0.1, 0.15) is 16.1 Å². The van der Waals surface area contributed by atoms with Gasteiger partial charge in [0.05, 0.1) is 11.4 Å². The largest absolute Gasteiger partial charge is 0.369 e. The monoisotopic (exact) mass is 307 g/mol. The molecular weight excluding hydrogens is 294 g/mol. The number of benzene rings is 1. The summed E-state index contributed by atoms with van der Waals surface area (Å²) in [5.74, 6) is 0.336. The van der Waals surface area contributed by atoms with Crippen LogP contribution in [0.4, 0.5) is 5.13 Å². The maximum atomic E-state index is 11.9. The third-order valence-corrected chi connectivity index (χ3v) is 4.10. The van der Waals surface area contributed by atoms with E-state index in [-0.39, 0.29) is 17.6 Å². The number of carbonyl (C=O) groups is 2. The lowest BCUT2D eigenvalue weighted by Crippen LogP contribution is -2.13. The molecule has 104 valence electrons. The number of thioether (sulfide) groups is 1. The van der Waals surface area contributed by atoms with Crippen molar-refractivity contribution in [1.29, 1.82) is 0 Å². The van der Waals surface area contributed by atoms with Crippen LogP contribution in [-0.4, -0.2) is 22.6 Å². The summed E-state index contributed by atoms with van der Waals surface area (Å²) in [6.07, 6.45) is 0. The first kappa shape index (κ1) is 14.5. The van der Waals surface area contributed by atoms with Crippen LogP contribution in [0.3, 0.4) is 0 Å². The number of anilines is 1. The molecule has 20 heavy (non-hydrogen) atoms. The number of primary amides is 1. The Bertz CT molecular complexity index is 599. The zero-order chi connectivity index (χ0) is 14.4. The maximum absolute atomic E-state index is 11.9. The van der Waals surface area contributed by atoms with Crippen molar-refractivity contribution in [3.8, 4) is 0 Å². The lowest BCUT2D eigenvalue weighted by atomic mass is 10.2. The first-order valence-corrected chi connectivity index (χ1v) is 7.85. The van der Waals surface area contributed by atoms with Crippen molar-refractivity contribution < 1.29 is 9.59 Å². The second-order valence-corrected chi connectivity index (χ2v) is 5.77. The highest BCUT2D eigenvalue weighted by atomic mass is 32.2. The fourth-order valence-corrected chi connectivity index (χ4v) is 2.92. The summed E-state index contributed by atoms with van der Waals surface area (Å²) >= 11 is 2.76. The maximum Gasteiger partial charge on any atom is 0.257 e. The number of nitrogens with zero attached hydrogens (tertiary/aromatic N) is 1. The first-order valence-electron chi connectivity index (χ1n) is 5.82. The van der Waals surface area contributed by atoms with Gasteiger partial charge in [0.25, 0.3) is 5.91 Å². The summed E-state index contributed by atoms with van der Waals surface area (Å²) < 4.78 is 0. The minimum atomic E-state index is -0.345. The minimum absolute atomic E-state index is 0.184. The number of amides is 2. The van der Waals surface area contributed by atoms with Crippen LogP contribution in [0.2, 0.25) is 0 Å². The SMILES string of the molecule is NC(=O)CSCc1csc(NC(=O)c2ccccc2)n1. The Balaban J connectivity index is 1.89. The molecule has 0 radical (unpaired) electrons. The predicted molar refractivity (Wildman–Crippen MR) is 81.9 cm³/mol. The zero-order valence-corrected chi connectivity index (χ0v) is 12.2. The fraction of sp³-hybridized carbons (Fsp3) is 0.154. The van der Waals surface area contributed by atoms with Crippen LogP contribution in [0.5, 0.6) is 0 Å². The van der Waals surface area contributed by atoms with Crippen LogP contribution >= 0.6 is 23.1 Å². The topological polar surface area (TPSA) is 85.1 Å². The molecule has 0 aliphatic rings. The average molecular weight is 307 g/mol. The third kappa shape index (κ3) is 4.36. The second kappa shape index (κ2) is 7.06. The number of nitrogens with one attached hydrogen (secondary N) is 1. The van der Waals surface area contributed by atoms with E-state index in [1.165, 1.54) is 23.1 Å². The van der Waals surface area contributed by atoms with E-state index in [4.69, 9.17) is 5.73 Å². The van der Waals surface area contributed by atoms with E-state index in [9.17, 15) is 9.59 Å². The van der Waals surface area contributed by atoms with Crippen molar-refractivity contribution in [1.82, 2.24) is 4.98 Å². The molecule has 0 fully saturated rings. The van der Waals surface area contributed by atoms with E-state index < -0.39 is 0 Å². The Kier molecular flexibility index (Phi) is 5.14. The average Bonchev–Trinajstić information content (AvgIpc) is 2.87. The fourth-order valence-electron chi connectivity index (χ4n) is 1.45. The Labute approximate surface area is 124 Å². The molecule has 3 N–H and O–H groups in total. The van der Waals surface area contributed by atoms with Crippen LogP contribution < -0.4 is 11.1 Å². The van der Waals surface area contributed by atoms with Gasteiger partial charge in [0.2, 0.25) is 5.91 Å². The number of aromatic nitrogens is 1. The molecule has 0 saturated heterocycles. The number of hydrogen-bond acceptors (Lipinski definition) is 5. The van der Waals surface area contributed by atoms with E-state index in [0.717, 1.165) is 5.69 Å². The number of nitrogens with two attached hydrogens (primary N) is 1. The Morgan fingerprint density at radius 3 is 2.75 bits per heavy atom. The summed E-state index contributed by atoms with van der Waals surface area (Å²) in [5.41, 5.74) is 6.47. The summed E-state index contributed by atoms with van der Waals surface area (Å²) in [7, 11) is 0. The first-order chi connectivity index (χ1) is 9.65. The molecule has 1 aromatic carbocycles. The van der Waals surface area contributed by atoms with E-state index in [2.05, 4.69) is 10.3 Å². The number of hydrogen-bond donors (Lipinski definition) is 2. The highest BCUT2D eigenvalue weighted by Gasteiger charge is 2.08. The van der Waals surface area contributed by atoms with Crippen LogP contribution in [0, 0.1) is 0 Å². The van der Waals surface area contributed by atoms with E-state index in [1.807, 2.05) is 23.6 Å². The van der Waals surface area contributed by atoms with Crippen molar-refractivity contribution in [3.05, 3.63) is 47.0 Å². The van der Waals surface area contributed by atoms with Gasteiger partial charge in [-0.25, -0.2) is 4.98 Å². The molecule has 0 saturated carbocycles. The summed E-state index contributed by atoms with van der Waals surface area (Å²) in [6, 6.07) is 8.96. The molecule has 0 bridgehead atoms. The van der Waals surface area contributed by atoms with E-state index >= 15 is 0 Å². The number of thiazole rings is 1. The predicted octanol–water partition coefficient (Wildman–Crippen LogP) is 2.11. The van der Waals surface area contributed by atoms with Gasteiger partial charge in [-0.05, 0) is 12.1 Å². The molecule has 0 spiro atoms. The Morgan fingerprint density at radius 1 is 1.30 bits per heavy atom. The second-order valence-electron chi connectivity index (χ2n) is 3.92. The van der Waals surface area contributed by atoms with Crippen LogP contribution in [0.15, 0.2) is 35.7 Å². The molecule has 5 nitrogen and oxygen atoms in total. The van der Waals surface area contributed by atoms with Gasteiger partial charge in [0.15, 0.2) is 5.13 Å². The molecule has 0 unspecified atom stereocenters. The molecule has 2 amide bonds. The Hall–Kier alpha value is -1.86. The van der Waals surface area contributed by atoms with E-state index in [0.29, 0.717) is 16.4 Å². The van der Waals surface area contributed by atoms with Gasteiger partial charge in [-0.2, -0.15) is 0 Å². The van der Waals surface area contributed by atoms with Gasteiger partial charge in [-0.15, -0.1) is 23.1 Å². The van der Waals surface area contributed by atoms with E-state index in [1.54, 1.807) is 12.1 Å².